The Labute approximate surface area is 187 Å². The van der Waals surface area contributed by atoms with Gasteiger partial charge in [-0.3, -0.25) is 9.59 Å². The maximum absolute atomic E-state index is 13.0. The van der Waals surface area contributed by atoms with Crippen LogP contribution in [0.2, 0.25) is 0 Å². The highest BCUT2D eigenvalue weighted by atomic mass is 16.5. The maximum atomic E-state index is 13.0. The SMILES string of the molecule is N#Cc1ccc(NC(=O)[C@H](O)[C@H]2OCCN(c3ccc(C4CCCCC4)cc3)C2=O)cc1. The Kier molecular flexibility index (Phi) is 6.84. The van der Waals surface area contributed by atoms with Gasteiger partial charge in [0, 0.05) is 17.9 Å². The summed E-state index contributed by atoms with van der Waals surface area (Å²) in [5.41, 5.74) is 2.92. The van der Waals surface area contributed by atoms with Crippen molar-refractivity contribution in [3.63, 3.8) is 0 Å². The van der Waals surface area contributed by atoms with Crippen molar-refractivity contribution in [1.82, 2.24) is 0 Å². The highest BCUT2D eigenvalue weighted by Gasteiger charge is 2.39. The predicted octanol–water partition coefficient (Wildman–Crippen LogP) is 3.34. The van der Waals surface area contributed by atoms with Gasteiger partial charge in [0.15, 0.2) is 12.2 Å². The second-order valence-electron chi connectivity index (χ2n) is 8.33. The van der Waals surface area contributed by atoms with Gasteiger partial charge in [0.25, 0.3) is 11.8 Å². The highest BCUT2D eigenvalue weighted by Crippen LogP contribution is 2.33. The topological polar surface area (TPSA) is 103 Å². The Hall–Kier alpha value is -3.21. The molecule has 1 saturated heterocycles. The van der Waals surface area contributed by atoms with E-state index < -0.39 is 24.0 Å². The molecule has 2 aromatic carbocycles. The molecule has 2 N–H and O–H groups in total. The third kappa shape index (κ3) is 4.82. The van der Waals surface area contributed by atoms with Crippen LogP contribution in [-0.2, 0) is 14.3 Å². The Balaban J connectivity index is 1.41. The van der Waals surface area contributed by atoms with Crippen LogP contribution in [0, 0.1) is 11.3 Å². The van der Waals surface area contributed by atoms with Gasteiger partial charge in [-0.1, -0.05) is 31.4 Å². The fourth-order valence-electron chi connectivity index (χ4n) is 4.43. The number of morpholine rings is 1. The van der Waals surface area contributed by atoms with Crippen LogP contribution >= 0.6 is 0 Å². The molecule has 7 nitrogen and oxygen atoms in total. The molecular formula is C25H27N3O4. The van der Waals surface area contributed by atoms with Crippen molar-refractivity contribution in [2.24, 2.45) is 0 Å². The summed E-state index contributed by atoms with van der Waals surface area (Å²) < 4.78 is 5.47. The number of ether oxygens (including phenoxy) is 1. The van der Waals surface area contributed by atoms with Crippen molar-refractivity contribution in [2.75, 3.05) is 23.4 Å². The molecule has 2 atom stereocenters. The molecule has 7 heteroatoms. The average Bonchev–Trinajstić information content (AvgIpc) is 2.85. The van der Waals surface area contributed by atoms with Crippen molar-refractivity contribution < 1.29 is 19.4 Å². The lowest BCUT2D eigenvalue weighted by atomic mass is 9.84. The van der Waals surface area contributed by atoms with Crippen LogP contribution in [-0.4, -0.2) is 42.3 Å². The highest BCUT2D eigenvalue weighted by molar-refractivity contribution is 6.03. The number of nitriles is 1. The van der Waals surface area contributed by atoms with Gasteiger partial charge in [-0.15, -0.1) is 0 Å². The van der Waals surface area contributed by atoms with E-state index in [-0.39, 0.29) is 6.61 Å². The van der Waals surface area contributed by atoms with Gasteiger partial charge in [-0.2, -0.15) is 5.26 Å². The van der Waals surface area contributed by atoms with E-state index in [9.17, 15) is 14.7 Å². The quantitative estimate of drug-likeness (QED) is 0.753. The third-order valence-corrected chi connectivity index (χ3v) is 6.24. The Morgan fingerprint density at radius 3 is 2.44 bits per heavy atom. The van der Waals surface area contributed by atoms with Crippen LogP contribution in [0.4, 0.5) is 11.4 Å². The molecule has 4 rings (SSSR count). The minimum atomic E-state index is -1.65. The average molecular weight is 434 g/mol. The largest absolute Gasteiger partial charge is 0.380 e. The molecule has 0 bridgehead atoms. The molecule has 1 heterocycles. The molecule has 2 aromatic rings. The Morgan fingerprint density at radius 1 is 1.09 bits per heavy atom. The summed E-state index contributed by atoms with van der Waals surface area (Å²) >= 11 is 0. The first-order chi connectivity index (χ1) is 15.6. The first kappa shape index (κ1) is 22.0. The first-order valence-corrected chi connectivity index (χ1v) is 11.1. The second kappa shape index (κ2) is 9.94. The molecule has 1 aliphatic carbocycles. The Morgan fingerprint density at radius 2 is 1.78 bits per heavy atom. The predicted molar refractivity (Wildman–Crippen MR) is 120 cm³/mol. The van der Waals surface area contributed by atoms with E-state index in [1.807, 2.05) is 18.2 Å². The second-order valence-corrected chi connectivity index (χ2v) is 8.33. The normalized spacial score (nSPS) is 20.4. The van der Waals surface area contributed by atoms with Crippen LogP contribution < -0.4 is 10.2 Å². The van der Waals surface area contributed by atoms with Crippen LogP contribution in [0.15, 0.2) is 48.5 Å². The van der Waals surface area contributed by atoms with Crippen molar-refractivity contribution in [3.8, 4) is 6.07 Å². The monoisotopic (exact) mass is 433 g/mol. The summed E-state index contributed by atoms with van der Waals surface area (Å²) in [6.45, 7) is 0.587. The van der Waals surface area contributed by atoms with Gasteiger partial charge in [-0.25, -0.2) is 0 Å². The summed E-state index contributed by atoms with van der Waals surface area (Å²) in [7, 11) is 0. The molecule has 1 saturated carbocycles. The smallest absolute Gasteiger partial charge is 0.259 e. The number of anilines is 2. The van der Waals surface area contributed by atoms with Gasteiger partial charge >= 0.3 is 0 Å². The standard InChI is InChI=1S/C25H27N3O4/c26-16-17-6-10-20(11-7-17)27-24(30)22(29)23-25(31)28(14-15-32-23)21-12-8-19(9-13-21)18-4-2-1-3-5-18/h6-13,18,22-23,29H,1-5,14-15H2,(H,27,30)/t22-,23-/m1/s1. The van der Waals surface area contributed by atoms with E-state index >= 15 is 0 Å². The lowest BCUT2D eigenvalue weighted by molar-refractivity contribution is -0.150. The van der Waals surface area contributed by atoms with E-state index in [2.05, 4.69) is 17.4 Å². The van der Waals surface area contributed by atoms with Crippen molar-refractivity contribution in [2.45, 2.75) is 50.2 Å². The van der Waals surface area contributed by atoms with E-state index in [0.717, 1.165) is 5.69 Å². The molecule has 166 valence electrons. The first-order valence-electron chi connectivity index (χ1n) is 11.1. The number of aliphatic hydroxyl groups is 1. The molecule has 32 heavy (non-hydrogen) atoms. The summed E-state index contributed by atoms with van der Waals surface area (Å²) in [5, 5.41) is 21.9. The molecule has 2 aliphatic rings. The van der Waals surface area contributed by atoms with Crippen LogP contribution in [0.1, 0.15) is 49.1 Å². The molecule has 0 radical (unpaired) electrons. The number of hydrogen-bond acceptors (Lipinski definition) is 5. The summed E-state index contributed by atoms with van der Waals surface area (Å²) in [5.74, 6) is -0.592. The number of aliphatic hydroxyl groups excluding tert-OH is 1. The molecule has 0 aromatic heterocycles. The molecule has 2 fully saturated rings. The fraction of sp³-hybridized carbons (Fsp3) is 0.400. The number of rotatable bonds is 5. The van der Waals surface area contributed by atoms with Crippen LogP contribution in [0.3, 0.4) is 0 Å². The maximum Gasteiger partial charge on any atom is 0.259 e. The fourth-order valence-corrected chi connectivity index (χ4v) is 4.43. The number of carbonyl (C=O) groups excluding carboxylic acids is 2. The number of amides is 2. The van der Waals surface area contributed by atoms with E-state index in [1.54, 1.807) is 29.2 Å². The van der Waals surface area contributed by atoms with Crippen molar-refractivity contribution in [3.05, 3.63) is 59.7 Å². The van der Waals surface area contributed by atoms with Gasteiger partial charge in [-0.05, 0) is 60.7 Å². The van der Waals surface area contributed by atoms with Crippen LogP contribution in [0.25, 0.3) is 0 Å². The summed E-state index contributed by atoms with van der Waals surface area (Å²) in [4.78, 5) is 27.1. The number of nitrogens with one attached hydrogen (secondary N) is 1. The molecule has 0 spiro atoms. The molecule has 1 aliphatic heterocycles. The van der Waals surface area contributed by atoms with Gasteiger partial charge in [0.2, 0.25) is 0 Å². The molecule has 0 unspecified atom stereocenters. The molecule has 2 amide bonds. The number of carbonyl (C=O) groups is 2. The van der Waals surface area contributed by atoms with E-state index in [0.29, 0.717) is 23.7 Å². The van der Waals surface area contributed by atoms with Crippen molar-refractivity contribution >= 4 is 23.2 Å². The van der Waals surface area contributed by atoms with Gasteiger partial charge < -0.3 is 20.1 Å². The Bertz CT molecular complexity index is 991. The number of benzene rings is 2. The zero-order chi connectivity index (χ0) is 22.5. The zero-order valence-corrected chi connectivity index (χ0v) is 17.9. The minimum absolute atomic E-state index is 0.224. The summed E-state index contributed by atoms with van der Waals surface area (Å²) in [6.07, 6.45) is 3.32. The molecular weight excluding hydrogens is 406 g/mol. The zero-order valence-electron chi connectivity index (χ0n) is 17.9. The van der Waals surface area contributed by atoms with E-state index in [4.69, 9.17) is 10.00 Å². The van der Waals surface area contributed by atoms with E-state index in [1.165, 1.54) is 37.7 Å². The van der Waals surface area contributed by atoms with Crippen LogP contribution in [0.5, 0.6) is 0 Å². The summed E-state index contributed by atoms with van der Waals surface area (Å²) in [6, 6.07) is 16.3. The van der Waals surface area contributed by atoms with Crippen molar-refractivity contribution in [1.29, 1.82) is 5.26 Å². The van der Waals surface area contributed by atoms with Gasteiger partial charge in [0.05, 0.1) is 18.2 Å². The third-order valence-electron chi connectivity index (χ3n) is 6.24. The number of hydrogen-bond donors (Lipinski definition) is 2. The minimum Gasteiger partial charge on any atom is -0.380 e. The van der Waals surface area contributed by atoms with Gasteiger partial charge in [0.1, 0.15) is 0 Å². The lowest BCUT2D eigenvalue weighted by Gasteiger charge is -2.34. The lowest BCUT2D eigenvalue weighted by Crippen LogP contribution is -2.55. The number of nitrogens with zero attached hydrogens (tertiary/aromatic N) is 2.